The number of hydrogen-bond acceptors (Lipinski definition) is 4. The van der Waals surface area contributed by atoms with Gasteiger partial charge >= 0.3 is 0 Å². The van der Waals surface area contributed by atoms with Gasteiger partial charge in [0.05, 0.1) is 11.9 Å². The van der Waals surface area contributed by atoms with E-state index in [0.29, 0.717) is 28.8 Å². The lowest BCUT2D eigenvalue weighted by atomic mass is 9.47. The van der Waals surface area contributed by atoms with Gasteiger partial charge in [0, 0.05) is 25.0 Å². The predicted octanol–water partition coefficient (Wildman–Crippen LogP) is 6.91. The van der Waals surface area contributed by atoms with Crippen molar-refractivity contribution in [2.45, 2.75) is 105 Å². The van der Waals surface area contributed by atoms with E-state index in [1.165, 1.54) is 48.8 Å². The number of carbonyl (C=O) groups is 1. The lowest BCUT2D eigenvalue weighted by Gasteiger charge is -2.57. The van der Waals surface area contributed by atoms with Crippen molar-refractivity contribution < 1.29 is 14.6 Å². The Labute approximate surface area is 205 Å². The van der Waals surface area contributed by atoms with Crippen molar-refractivity contribution in [1.29, 1.82) is 0 Å². The molecule has 0 aromatic heterocycles. The van der Waals surface area contributed by atoms with E-state index in [9.17, 15) is 9.90 Å². The first-order valence-electron chi connectivity index (χ1n) is 13.5. The molecule has 0 aromatic rings. The summed E-state index contributed by atoms with van der Waals surface area (Å²) in [6.07, 6.45) is 13.1. The Morgan fingerprint density at radius 3 is 2.82 bits per heavy atom. The van der Waals surface area contributed by atoms with Crippen molar-refractivity contribution in [2.75, 3.05) is 5.75 Å². The fraction of sp³-hybridized carbons (Fsp3) is 0.828. The molecule has 5 aliphatic rings. The molecular weight excluding hydrogens is 428 g/mol. The molecule has 0 amide bonds. The van der Waals surface area contributed by atoms with E-state index in [0.717, 1.165) is 55.6 Å². The number of carbonyl (C=O) groups excluding carboxylic acids is 1. The third kappa shape index (κ3) is 3.96. The summed E-state index contributed by atoms with van der Waals surface area (Å²) in [4.78, 5) is 11.3. The zero-order chi connectivity index (χ0) is 23.5. The number of allylic oxidation sites excluding steroid dienone is 2. The van der Waals surface area contributed by atoms with Crippen LogP contribution in [-0.2, 0) is 9.53 Å². The maximum atomic E-state index is 11.3. The van der Waals surface area contributed by atoms with Gasteiger partial charge in [-0.25, -0.2) is 0 Å². The second kappa shape index (κ2) is 8.73. The molecular formula is C29H44O3S. The monoisotopic (exact) mass is 472 g/mol. The van der Waals surface area contributed by atoms with Crippen LogP contribution in [0, 0.1) is 40.4 Å². The number of thioether (sulfide) groups is 1. The summed E-state index contributed by atoms with van der Waals surface area (Å²) in [7, 11) is 0. The number of aliphatic hydroxyl groups is 1. The summed E-state index contributed by atoms with van der Waals surface area (Å²) in [5.41, 5.74) is 3.78. The van der Waals surface area contributed by atoms with Gasteiger partial charge in [-0.1, -0.05) is 44.2 Å². The Morgan fingerprint density at radius 2 is 2.06 bits per heavy atom. The van der Waals surface area contributed by atoms with E-state index < -0.39 is 0 Å². The molecule has 3 nitrogen and oxygen atoms in total. The average Bonchev–Trinajstić information content (AvgIpc) is 3.24. The first-order chi connectivity index (χ1) is 15.6. The summed E-state index contributed by atoms with van der Waals surface area (Å²) in [6.45, 7) is 11.4. The van der Waals surface area contributed by atoms with Crippen LogP contribution in [0.3, 0.4) is 0 Å². The van der Waals surface area contributed by atoms with Gasteiger partial charge in [0.1, 0.15) is 6.10 Å². The van der Waals surface area contributed by atoms with Crippen LogP contribution in [0.1, 0.15) is 92.4 Å². The van der Waals surface area contributed by atoms with E-state index in [4.69, 9.17) is 4.74 Å². The molecule has 0 saturated heterocycles. The van der Waals surface area contributed by atoms with Crippen LogP contribution in [0.4, 0.5) is 0 Å². The second-order valence-electron chi connectivity index (χ2n) is 12.6. The molecule has 5 rings (SSSR count). The molecule has 9 atom stereocenters. The maximum absolute atomic E-state index is 11.3. The molecule has 4 aliphatic carbocycles. The Balaban J connectivity index is 1.30. The Bertz CT molecular complexity index is 861. The Morgan fingerprint density at radius 1 is 1.27 bits per heavy atom. The van der Waals surface area contributed by atoms with Crippen molar-refractivity contribution >= 4 is 16.9 Å². The van der Waals surface area contributed by atoms with E-state index in [1.807, 2.05) is 0 Å². The average molecular weight is 473 g/mol. The van der Waals surface area contributed by atoms with Gasteiger partial charge in [-0.15, -0.1) is 0 Å². The van der Waals surface area contributed by atoms with E-state index in [1.54, 1.807) is 12.5 Å². The predicted molar refractivity (Wildman–Crippen MR) is 136 cm³/mol. The summed E-state index contributed by atoms with van der Waals surface area (Å²) in [5, 5.41) is 10.5. The van der Waals surface area contributed by atoms with Crippen LogP contribution >= 0.6 is 11.8 Å². The Kier molecular flexibility index (Phi) is 6.34. The van der Waals surface area contributed by atoms with Gasteiger partial charge in [0.2, 0.25) is 0 Å². The number of rotatable bonds is 5. The van der Waals surface area contributed by atoms with E-state index in [2.05, 4.69) is 33.8 Å². The van der Waals surface area contributed by atoms with Crippen LogP contribution in [0.5, 0.6) is 0 Å². The molecule has 1 N–H and O–H groups in total. The fourth-order valence-electron chi connectivity index (χ4n) is 8.95. The number of ether oxygens (including phenoxy) is 1. The molecule has 3 saturated carbocycles. The number of fused-ring (bicyclic) bond motifs is 7. The molecule has 1 heterocycles. The van der Waals surface area contributed by atoms with Crippen LogP contribution in [0.2, 0.25) is 0 Å². The second-order valence-corrected chi connectivity index (χ2v) is 13.8. The highest BCUT2D eigenvalue weighted by molar-refractivity contribution is 8.13. The quantitative estimate of drug-likeness (QED) is 0.442. The highest BCUT2D eigenvalue weighted by Crippen LogP contribution is 2.68. The van der Waals surface area contributed by atoms with E-state index in [-0.39, 0.29) is 11.2 Å². The summed E-state index contributed by atoms with van der Waals surface area (Å²) < 4.78 is 6.71. The summed E-state index contributed by atoms with van der Waals surface area (Å²) in [6, 6.07) is 0. The zero-order valence-electron chi connectivity index (χ0n) is 21.4. The van der Waals surface area contributed by atoms with Gasteiger partial charge in [0.25, 0.3) is 0 Å². The van der Waals surface area contributed by atoms with Crippen molar-refractivity contribution in [1.82, 2.24) is 0 Å². The molecule has 3 fully saturated rings. The minimum atomic E-state index is -0.121. The van der Waals surface area contributed by atoms with Crippen molar-refractivity contribution in [3.05, 3.63) is 23.0 Å². The van der Waals surface area contributed by atoms with Crippen LogP contribution in [0.15, 0.2) is 23.0 Å². The van der Waals surface area contributed by atoms with Gasteiger partial charge in [-0.05, 0) is 98.4 Å². The zero-order valence-corrected chi connectivity index (χ0v) is 22.2. The van der Waals surface area contributed by atoms with Gasteiger partial charge in [-0.3, -0.25) is 4.79 Å². The molecule has 1 aliphatic heterocycles. The number of hydrogen-bond donors (Lipinski definition) is 1. The topological polar surface area (TPSA) is 46.5 Å². The third-order valence-corrected chi connectivity index (χ3v) is 11.9. The largest absolute Gasteiger partial charge is 0.494 e. The first-order valence-corrected chi connectivity index (χ1v) is 14.5. The smallest absolute Gasteiger partial charge is 0.185 e. The van der Waals surface area contributed by atoms with E-state index >= 15 is 0 Å². The van der Waals surface area contributed by atoms with Crippen LogP contribution < -0.4 is 0 Å². The molecule has 0 spiro atoms. The van der Waals surface area contributed by atoms with Crippen molar-refractivity contribution in [3.63, 3.8) is 0 Å². The van der Waals surface area contributed by atoms with Gasteiger partial charge in [-0.2, -0.15) is 0 Å². The maximum Gasteiger partial charge on any atom is 0.185 e. The van der Waals surface area contributed by atoms with Crippen molar-refractivity contribution in [3.8, 4) is 0 Å². The van der Waals surface area contributed by atoms with Gasteiger partial charge < -0.3 is 9.84 Å². The molecule has 33 heavy (non-hydrogen) atoms. The number of aliphatic hydroxyl groups excluding tert-OH is 1. The SMILES string of the molecule is CC(=O)SCC(C)CCC1=C(C)[C@H]2[C@H](C[C@H]3[C@@H]4CC=C5C[C@@H](O)CC[C@]5(C)[C@H]4CC[C@@]32C)O1. The molecule has 0 bridgehead atoms. The summed E-state index contributed by atoms with van der Waals surface area (Å²) >= 11 is 1.46. The normalized spacial score (nSPS) is 44.8. The third-order valence-electron chi connectivity index (χ3n) is 10.7. The fourth-order valence-corrected chi connectivity index (χ4v) is 9.63. The molecule has 184 valence electrons. The molecule has 0 aromatic carbocycles. The highest BCUT2D eigenvalue weighted by atomic mass is 32.2. The molecule has 0 radical (unpaired) electrons. The summed E-state index contributed by atoms with van der Waals surface area (Å²) in [5.74, 6) is 5.64. The minimum Gasteiger partial charge on any atom is -0.494 e. The Hall–Kier alpha value is -0.740. The van der Waals surface area contributed by atoms with Crippen LogP contribution in [-0.4, -0.2) is 28.2 Å². The molecule has 4 heteroatoms. The van der Waals surface area contributed by atoms with Crippen LogP contribution in [0.25, 0.3) is 0 Å². The minimum absolute atomic E-state index is 0.121. The first kappa shape index (κ1) is 24.0. The lowest BCUT2D eigenvalue weighted by molar-refractivity contribution is -0.109. The van der Waals surface area contributed by atoms with Crippen molar-refractivity contribution in [2.24, 2.45) is 40.4 Å². The lowest BCUT2D eigenvalue weighted by Crippen LogP contribution is -2.50. The molecule has 1 unspecified atom stereocenters. The van der Waals surface area contributed by atoms with Gasteiger partial charge in [0.15, 0.2) is 5.12 Å². The standard InChI is InChI=1S/C29H44O3S/c1-17(16-33-19(3)30)6-9-25-18(2)27-26(32-25)15-24-22-8-7-20-14-21(31)10-12-28(20,4)23(22)11-13-29(24,27)5/h7,17,21-24,26-27,31H,6,8-16H2,1-5H3/t17?,21-,22+,23-,24-,26-,27-,28-,29-/m0/s1. The highest BCUT2D eigenvalue weighted by Gasteiger charge is 2.63.